The molecule has 0 N–H and O–H groups in total. The van der Waals surface area contributed by atoms with Crippen molar-refractivity contribution in [3.05, 3.63) is 35.9 Å². The summed E-state index contributed by atoms with van der Waals surface area (Å²) in [6, 6.07) is 9.31. The van der Waals surface area contributed by atoms with Gasteiger partial charge in [-0.3, -0.25) is 0 Å². The van der Waals surface area contributed by atoms with Crippen molar-refractivity contribution in [3.63, 3.8) is 0 Å². The van der Waals surface area contributed by atoms with Crippen LogP contribution in [-0.2, 0) is 4.74 Å². The van der Waals surface area contributed by atoms with Crippen LogP contribution in [0.25, 0.3) is 0 Å². The van der Waals surface area contributed by atoms with Crippen LogP contribution in [0.1, 0.15) is 25.3 Å². The highest BCUT2D eigenvalue weighted by molar-refractivity contribution is 7.96. The molecule has 0 atom stereocenters. The molecule has 0 unspecified atom stereocenters. The molecule has 1 aromatic rings. The summed E-state index contributed by atoms with van der Waals surface area (Å²) >= 11 is 0.717. The molecule has 0 heterocycles. The third kappa shape index (κ3) is 5.74. The Labute approximate surface area is 116 Å². The molecule has 6 heteroatoms. The van der Waals surface area contributed by atoms with Gasteiger partial charge in [0.1, 0.15) is 12.1 Å². The summed E-state index contributed by atoms with van der Waals surface area (Å²) in [6.07, 6.45) is 0.377. The summed E-state index contributed by atoms with van der Waals surface area (Å²) in [6.45, 7) is 2.60. The number of unbranched alkanes of at least 4 members (excludes halogenated alkanes) is 1. The molecule has 0 saturated heterocycles. The molecule has 0 radical (unpaired) electrons. The number of benzene rings is 1. The Hall–Kier alpha value is -1.56. The summed E-state index contributed by atoms with van der Waals surface area (Å²) in [4.78, 5) is 10.5. The molecule has 1 rings (SSSR count). The first-order chi connectivity index (χ1) is 9.15. The van der Waals surface area contributed by atoms with Crippen molar-refractivity contribution in [2.75, 3.05) is 13.7 Å². The lowest BCUT2D eigenvalue weighted by atomic mass is 10.2. The van der Waals surface area contributed by atoms with E-state index in [0.29, 0.717) is 12.5 Å². The highest BCUT2D eigenvalue weighted by Crippen LogP contribution is 2.14. The summed E-state index contributed by atoms with van der Waals surface area (Å²) < 4.78 is 22.8. The zero-order valence-corrected chi connectivity index (χ0v) is 11.8. The quantitative estimate of drug-likeness (QED) is 0.199. The van der Waals surface area contributed by atoms with E-state index in [1.807, 2.05) is 30.3 Å². The van der Waals surface area contributed by atoms with E-state index in [1.165, 1.54) is 7.05 Å². The molecule has 0 spiro atoms. The van der Waals surface area contributed by atoms with Gasteiger partial charge in [0.25, 0.3) is 0 Å². The van der Waals surface area contributed by atoms with Crippen molar-refractivity contribution in [1.29, 1.82) is 0 Å². The Balaban J connectivity index is 2.74. The molecule has 0 aromatic heterocycles. The van der Waals surface area contributed by atoms with Crippen molar-refractivity contribution in [3.8, 4) is 0 Å². The minimum atomic E-state index is -1.55. The number of carbonyl (C=O) groups is 1. The predicted molar refractivity (Wildman–Crippen MR) is 75.7 cm³/mol. The van der Waals surface area contributed by atoms with E-state index in [2.05, 4.69) is 11.3 Å². The molecule has 0 fully saturated rings. The third-order valence-electron chi connectivity index (χ3n) is 2.25. The van der Waals surface area contributed by atoms with Gasteiger partial charge in [-0.05, 0) is 18.6 Å². The van der Waals surface area contributed by atoms with Gasteiger partial charge in [0.2, 0.25) is 5.90 Å². The monoisotopic (exact) mass is 284 g/mol. The van der Waals surface area contributed by atoms with E-state index in [-0.39, 0.29) is 0 Å². The number of rotatable bonds is 6. The lowest BCUT2D eigenvalue weighted by Gasteiger charge is -2.11. The number of amides is 1. The average Bonchev–Trinajstić information content (AvgIpc) is 2.43. The lowest BCUT2D eigenvalue weighted by Crippen LogP contribution is -2.13. The first-order valence-corrected chi connectivity index (χ1v) is 6.74. The summed E-state index contributed by atoms with van der Waals surface area (Å²) in [5, 5.41) is 0. The number of carbonyl (C=O) groups excluding carboxylic acids is 1. The Morgan fingerprint density at radius 3 is 2.68 bits per heavy atom. The molecule has 19 heavy (non-hydrogen) atoms. The van der Waals surface area contributed by atoms with E-state index in [9.17, 15) is 9.18 Å². The number of nitrogens with zero attached hydrogens (tertiary/aromatic N) is 2. The van der Waals surface area contributed by atoms with Crippen LogP contribution in [0.4, 0.5) is 9.18 Å². The molecule has 0 aliphatic heterocycles. The van der Waals surface area contributed by atoms with Crippen molar-refractivity contribution in [1.82, 2.24) is 4.31 Å². The van der Waals surface area contributed by atoms with Crippen LogP contribution < -0.4 is 0 Å². The molecule has 0 saturated carbocycles. The van der Waals surface area contributed by atoms with Gasteiger partial charge in [-0.2, -0.15) is 4.40 Å². The zero-order chi connectivity index (χ0) is 14.1. The van der Waals surface area contributed by atoms with E-state index in [4.69, 9.17) is 4.74 Å². The van der Waals surface area contributed by atoms with Crippen molar-refractivity contribution in [2.24, 2.45) is 4.40 Å². The van der Waals surface area contributed by atoms with Gasteiger partial charge in [0.15, 0.2) is 0 Å². The first kappa shape index (κ1) is 15.5. The largest absolute Gasteiger partial charge is 0.477 e. The smallest absolute Gasteiger partial charge is 0.411 e. The molecular formula is C13H17FN2O2S. The van der Waals surface area contributed by atoms with Crippen LogP contribution in [-0.4, -0.2) is 30.0 Å². The van der Waals surface area contributed by atoms with E-state index in [1.54, 1.807) is 0 Å². The van der Waals surface area contributed by atoms with Crippen LogP contribution in [0.3, 0.4) is 0 Å². The van der Waals surface area contributed by atoms with Crippen molar-refractivity contribution >= 4 is 24.2 Å². The van der Waals surface area contributed by atoms with Crippen molar-refractivity contribution in [2.45, 2.75) is 19.8 Å². The predicted octanol–water partition coefficient (Wildman–Crippen LogP) is 3.83. The molecule has 0 bridgehead atoms. The molecule has 0 aliphatic carbocycles. The zero-order valence-electron chi connectivity index (χ0n) is 11.0. The lowest BCUT2D eigenvalue weighted by molar-refractivity contribution is 0.209. The minimum absolute atomic E-state index is 0.396. The maximum absolute atomic E-state index is 12.4. The number of halogens is 1. The number of hydrogen-bond donors (Lipinski definition) is 0. The molecular weight excluding hydrogens is 267 g/mol. The van der Waals surface area contributed by atoms with Crippen molar-refractivity contribution < 1.29 is 13.9 Å². The van der Waals surface area contributed by atoms with E-state index >= 15 is 0 Å². The molecule has 0 aliphatic rings. The SMILES string of the molecule is CCCCOC(=NSN(C)C(=O)F)c1ccccc1. The van der Waals surface area contributed by atoms with Gasteiger partial charge >= 0.3 is 6.16 Å². The fourth-order valence-electron chi connectivity index (χ4n) is 1.19. The van der Waals surface area contributed by atoms with Gasteiger partial charge in [0.05, 0.1) is 6.61 Å². The van der Waals surface area contributed by atoms with E-state index < -0.39 is 6.16 Å². The summed E-state index contributed by atoms with van der Waals surface area (Å²) in [5.41, 5.74) is 0.797. The Kier molecular flexibility index (Phi) is 6.95. The van der Waals surface area contributed by atoms with Crippen LogP contribution >= 0.6 is 12.1 Å². The third-order valence-corrected chi connectivity index (χ3v) is 2.89. The fraction of sp³-hybridized carbons (Fsp3) is 0.385. The normalized spacial score (nSPS) is 11.2. The molecule has 1 aromatic carbocycles. The Morgan fingerprint density at radius 2 is 2.11 bits per heavy atom. The fourth-order valence-corrected chi connectivity index (χ4v) is 1.61. The van der Waals surface area contributed by atoms with Gasteiger partial charge in [0, 0.05) is 12.6 Å². The van der Waals surface area contributed by atoms with Gasteiger partial charge < -0.3 is 4.74 Å². The van der Waals surface area contributed by atoms with Gasteiger partial charge in [-0.1, -0.05) is 31.5 Å². The van der Waals surface area contributed by atoms with Gasteiger partial charge in [-0.25, -0.2) is 9.10 Å². The Bertz CT molecular complexity index is 426. The minimum Gasteiger partial charge on any atom is -0.477 e. The second kappa shape index (κ2) is 8.53. The van der Waals surface area contributed by atoms with Gasteiger partial charge in [-0.15, -0.1) is 4.39 Å². The topological polar surface area (TPSA) is 41.9 Å². The molecule has 104 valence electrons. The number of hydrogen-bond acceptors (Lipinski definition) is 4. The maximum Gasteiger partial charge on any atom is 0.411 e. The molecule has 1 amide bonds. The Morgan fingerprint density at radius 1 is 1.42 bits per heavy atom. The van der Waals surface area contributed by atoms with E-state index in [0.717, 1.165) is 34.8 Å². The maximum atomic E-state index is 12.4. The average molecular weight is 284 g/mol. The summed E-state index contributed by atoms with van der Waals surface area (Å²) in [7, 11) is 1.31. The second-order valence-corrected chi connectivity index (χ2v) is 4.69. The standard InChI is InChI=1S/C13H17FN2O2S/c1-3-4-10-18-12(11-8-6-5-7-9-11)15-19-16(2)13(14)17/h5-9H,3-4,10H2,1-2H3. The summed E-state index contributed by atoms with van der Waals surface area (Å²) in [5.74, 6) is 0.396. The highest BCUT2D eigenvalue weighted by atomic mass is 32.2. The van der Waals surface area contributed by atoms with Crippen LogP contribution in [0.2, 0.25) is 0 Å². The van der Waals surface area contributed by atoms with Crippen LogP contribution in [0.5, 0.6) is 0 Å². The number of ether oxygens (including phenoxy) is 1. The highest BCUT2D eigenvalue weighted by Gasteiger charge is 2.09. The first-order valence-electron chi connectivity index (χ1n) is 6.01. The molecule has 4 nitrogen and oxygen atoms in total. The van der Waals surface area contributed by atoms with Crippen LogP contribution in [0, 0.1) is 0 Å². The van der Waals surface area contributed by atoms with Crippen LogP contribution in [0.15, 0.2) is 34.7 Å². The second-order valence-electron chi connectivity index (χ2n) is 3.80.